The molecule has 0 aliphatic heterocycles. The molecule has 5 heteroatoms. The predicted octanol–water partition coefficient (Wildman–Crippen LogP) is -2.46. The molecule has 0 bridgehead atoms. The molecule has 1 rings (SSSR count). The van der Waals surface area contributed by atoms with Crippen LogP contribution in [0.15, 0.2) is 30.3 Å². The molecule has 0 aromatic heterocycles. The van der Waals surface area contributed by atoms with E-state index in [0.29, 0.717) is 11.6 Å². The Kier molecular flexibility index (Phi) is 6.58. The van der Waals surface area contributed by atoms with E-state index in [9.17, 15) is 14.3 Å². The maximum absolute atomic E-state index is 11.5. The van der Waals surface area contributed by atoms with Crippen molar-refractivity contribution in [1.29, 1.82) is 0 Å². The van der Waals surface area contributed by atoms with Gasteiger partial charge in [-0.25, -0.2) is 0 Å². The summed E-state index contributed by atoms with van der Waals surface area (Å²) < 4.78 is 11.5. The topological polar surface area (TPSA) is 57.2 Å². The van der Waals surface area contributed by atoms with E-state index in [-0.39, 0.29) is 42.1 Å². The molecule has 1 aromatic carbocycles. The van der Waals surface area contributed by atoms with E-state index in [4.69, 9.17) is 0 Å². The average molecular weight is 220 g/mol. The standard InChI is InChI=1S/C9H11O3P.Na/c10-7-4-8-13(11,12)9-5-2-1-3-6-9;/h1-3,5-7H,4,8H2,(H,11,12);/q;+1/p-1. The number of hydrogen-bond donors (Lipinski definition) is 0. The Hall–Kier alpha value is 0.0800. The Morgan fingerprint density at radius 2 is 1.86 bits per heavy atom. The fourth-order valence-corrected chi connectivity index (χ4v) is 2.34. The summed E-state index contributed by atoms with van der Waals surface area (Å²) in [5.41, 5.74) is 0. The van der Waals surface area contributed by atoms with E-state index < -0.39 is 7.37 Å². The first-order valence-electron chi connectivity index (χ1n) is 3.96. The molecule has 0 amide bonds. The van der Waals surface area contributed by atoms with Crippen LogP contribution < -0.4 is 39.8 Å². The molecular weight excluding hydrogens is 210 g/mol. The molecule has 0 aliphatic rings. The van der Waals surface area contributed by atoms with Gasteiger partial charge in [0.25, 0.3) is 0 Å². The van der Waals surface area contributed by atoms with Crippen molar-refractivity contribution in [2.75, 3.05) is 6.16 Å². The zero-order valence-electron chi connectivity index (χ0n) is 8.05. The maximum atomic E-state index is 11.5. The molecule has 0 fully saturated rings. The van der Waals surface area contributed by atoms with Gasteiger partial charge < -0.3 is 14.3 Å². The molecule has 0 heterocycles. The van der Waals surface area contributed by atoms with Gasteiger partial charge in [-0.2, -0.15) is 0 Å². The van der Waals surface area contributed by atoms with Gasteiger partial charge in [-0.05, 0) is 11.5 Å². The summed E-state index contributed by atoms with van der Waals surface area (Å²) in [6, 6.07) is 8.17. The molecule has 0 saturated carbocycles. The van der Waals surface area contributed by atoms with Crippen LogP contribution in [0, 0.1) is 0 Å². The van der Waals surface area contributed by atoms with Crippen LogP contribution in [0.4, 0.5) is 0 Å². The van der Waals surface area contributed by atoms with E-state index in [1.165, 1.54) is 0 Å². The zero-order chi connectivity index (χ0) is 9.73. The normalized spacial score (nSPS) is 13.8. The summed E-state index contributed by atoms with van der Waals surface area (Å²) in [4.78, 5) is 21.5. The minimum atomic E-state index is -3.54. The molecule has 0 radical (unpaired) electrons. The molecule has 14 heavy (non-hydrogen) atoms. The summed E-state index contributed by atoms with van der Waals surface area (Å²) in [5.74, 6) is 0. The Morgan fingerprint density at radius 1 is 1.29 bits per heavy atom. The third-order valence-corrected chi connectivity index (χ3v) is 3.62. The molecule has 0 spiro atoms. The van der Waals surface area contributed by atoms with Crippen molar-refractivity contribution in [3.63, 3.8) is 0 Å². The fourth-order valence-electron chi connectivity index (χ4n) is 1.01. The van der Waals surface area contributed by atoms with E-state index in [0.717, 1.165) is 0 Å². The molecule has 70 valence electrons. The van der Waals surface area contributed by atoms with Gasteiger partial charge in [-0.1, -0.05) is 30.3 Å². The Bertz CT molecular complexity index is 326. The second-order valence-electron chi connectivity index (χ2n) is 2.69. The van der Waals surface area contributed by atoms with Crippen LogP contribution in [0.3, 0.4) is 0 Å². The summed E-state index contributed by atoms with van der Waals surface area (Å²) in [5, 5.41) is 0.303. The molecule has 1 atom stereocenters. The van der Waals surface area contributed by atoms with Crippen molar-refractivity contribution in [3.05, 3.63) is 30.3 Å². The number of aldehydes is 1. The van der Waals surface area contributed by atoms with E-state index in [2.05, 4.69) is 0 Å². The molecule has 1 aromatic rings. The first kappa shape index (κ1) is 14.1. The van der Waals surface area contributed by atoms with Gasteiger partial charge in [0.2, 0.25) is 0 Å². The molecular formula is C9H10NaO3P. The SMILES string of the molecule is O=CCCP(=O)([O-])c1ccccc1.[Na+]. The minimum absolute atomic E-state index is 0. The number of carbonyl (C=O) groups is 1. The molecule has 0 aliphatic carbocycles. The summed E-state index contributed by atoms with van der Waals surface area (Å²) >= 11 is 0. The first-order chi connectivity index (χ1) is 6.17. The number of benzene rings is 1. The van der Waals surface area contributed by atoms with Gasteiger partial charge in [0.1, 0.15) is 6.29 Å². The Labute approximate surface area is 105 Å². The van der Waals surface area contributed by atoms with Crippen LogP contribution in [-0.2, 0) is 9.36 Å². The zero-order valence-corrected chi connectivity index (χ0v) is 10.9. The number of carbonyl (C=O) groups excluding carboxylic acids is 1. The molecule has 0 N–H and O–H groups in total. The van der Waals surface area contributed by atoms with E-state index in [1.807, 2.05) is 0 Å². The Balaban J connectivity index is 0.00000169. The van der Waals surface area contributed by atoms with Crippen molar-refractivity contribution in [2.45, 2.75) is 6.42 Å². The largest absolute Gasteiger partial charge is 1.00 e. The van der Waals surface area contributed by atoms with Gasteiger partial charge >= 0.3 is 29.6 Å². The second kappa shape index (κ2) is 6.54. The monoisotopic (exact) mass is 220 g/mol. The first-order valence-corrected chi connectivity index (χ1v) is 5.77. The van der Waals surface area contributed by atoms with Crippen molar-refractivity contribution in [3.8, 4) is 0 Å². The van der Waals surface area contributed by atoms with Crippen LogP contribution in [0.25, 0.3) is 0 Å². The molecule has 0 saturated heterocycles. The number of rotatable bonds is 4. The van der Waals surface area contributed by atoms with Crippen LogP contribution in [0.1, 0.15) is 6.42 Å². The van der Waals surface area contributed by atoms with Crippen LogP contribution in [0.2, 0.25) is 0 Å². The fraction of sp³-hybridized carbons (Fsp3) is 0.222. The Morgan fingerprint density at radius 3 is 2.36 bits per heavy atom. The minimum Gasteiger partial charge on any atom is -0.796 e. The summed E-state index contributed by atoms with van der Waals surface area (Å²) in [6.07, 6.45) is 0.601. The van der Waals surface area contributed by atoms with Crippen molar-refractivity contribution in [1.82, 2.24) is 0 Å². The van der Waals surface area contributed by atoms with Crippen molar-refractivity contribution < 1.29 is 43.8 Å². The van der Waals surface area contributed by atoms with E-state index >= 15 is 0 Å². The van der Waals surface area contributed by atoms with Gasteiger partial charge in [-0.15, -0.1) is 0 Å². The smallest absolute Gasteiger partial charge is 0.796 e. The van der Waals surface area contributed by atoms with Crippen LogP contribution >= 0.6 is 7.37 Å². The molecule has 1 unspecified atom stereocenters. The number of hydrogen-bond acceptors (Lipinski definition) is 3. The van der Waals surface area contributed by atoms with Crippen LogP contribution in [0.5, 0.6) is 0 Å². The van der Waals surface area contributed by atoms with Crippen molar-refractivity contribution >= 4 is 19.0 Å². The summed E-state index contributed by atoms with van der Waals surface area (Å²) in [6.45, 7) is 0. The summed E-state index contributed by atoms with van der Waals surface area (Å²) in [7, 11) is -3.54. The second-order valence-corrected chi connectivity index (χ2v) is 5.00. The third kappa shape index (κ3) is 4.07. The van der Waals surface area contributed by atoms with Crippen LogP contribution in [-0.4, -0.2) is 12.4 Å². The quantitative estimate of drug-likeness (QED) is 0.321. The predicted molar refractivity (Wildman–Crippen MR) is 49.2 cm³/mol. The molecule has 3 nitrogen and oxygen atoms in total. The van der Waals surface area contributed by atoms with Crippen molar-refractivity contribution in [2.24, 2.45) is 0 Å². The third-order valence-electron chi connectivity index (χ3n) is 1.69. The van der Waals surface area contributed by atoms with E-state index in [1.54, 1.807) is 30.3 Å². The van der Waals surface area contributed by atoms with Gasteiger partial charge in [0.15, 0.2) is 0 Å². The van der Waals surface area contributed by atoms with Gasteiger partial charge in [0.05, 0.1) is 0 Å². The average Bonchev–Trinajstić information content (AvgIpc) is 2.16. The van der Waals surface area contributed by atoms with Gasteiger partial charge in [0, 0.05) is 13.8 Å². The maximum Gasteiger partial charge on any atom is 1.00 e. The van der Waals surface area contributed by atoms with Gasteiger partial charge in [-0.3, -0.25) is 0 Å².